The third kappa shape index (κ3) is 2.79. The second-order valence-electron chi connectivity index (χ2n) is 4.97. The van der Waals surface area contributed by atoms with Gasteiger partial charge in [-0.05, 0) is 26.2 Å². The lowest BCUT2D eigenvalue weighted by atomic mass is 9.92. The highest BCUT2D eigenvalue weighted by molar-refractivity contribution is 5.90. The van der Waals surface area contributed by atoms with E-state index < -0.39 is 0 Å². The summed E-state index contributed by atoms with van der Waals surface area (Å²) in [5.74, 6) is 0.0619. The van der Waals surface area contributed by atoms with Crippen LogP contribution in [0.4, 0.5) is 0 Å². The van der Waals surface area contributed by atoms with Gasteiger partial charge < -0.3 is 10.2 Å². The van der Waals surface area contributed by atoms with Crippen LogP contribution in [0.3, 0.4) is 0 Å². The maximum Gasteiger partial charge on any atom is 0.245 e. The van der Waals surface area contributed by atoms with E-state index in [1.807, 2.05) is 11.8 Å². The van der Waals surface area contributed by atoms with E-state index in [0.717, 1.165) is 12.8 Å². The summed E-state index contributed by atoms with van der Waals surface area (Å²) in [6.45, 7) is 8.77. The first-order valence-corrected chi connectivity index (χ1v) is 6.59. The van der Waals surface area contributed by atoms with E-state index in [0.29, 0.717) is 19.4 Å². The molecule has 2 amide bonds. The second-order valence-corrected chi connectivity index (χ2v) is 4.97. The average Bonchev–Trinajstić information content (AvgIpc) is 2.48. The molecule has 1 heterocycles. The molecule has 1 saturated heterocycles. The van der Waals surface area contributed by atoms with Crippen molar-refractivity contribution in [3.8, 4) is 0 Å². The molecular weight excluding hydrogens is 216 g/mol. The largest absolute Gasteiger partial charge is 0.344 e. The van der Waals surface area contributed by atoms with Crippen LogP contribution in [0.1, 0.15) is 53.4 Å². The van der Waals surface area contributed by atoms with Gasteiger partial charge in [-0.3, -0.25) is 9.59 Å². The molecule has 1 rings (SSSR count). The monoisotopic (exact) mass is 240 g/mol. The smallest absolute Gasteiger partial charge is 0.245 e. The molecule has 0 aromatic heterocycles. The summed E-state index contributed by atoms with van der Waals surface area (Å²) < 4.78 is 0. The van der Waals surface area contributed by atoms with Crippen molar-refractivity contribution < 1.29 is 9.59 Å². The van der Waals surface area contributed by atoms with Crippen molar-refractivity contribution in [3.05, 3.63) is 0 Å². The lowest BCUT2D eigenvalue weighted by molar-refractivity contribution is -0.139. The van der Waals surface area contributed by atoms with Crippen molar-refractivity contribution >= 4 is 11.8 Å². The lowest BCUT2D eigenvalue weighted by Crippen LogP contribution is -2.53. The van der Waals surface area contributed by atoms with Gasteiger partial charge in [-0.2, -0.15) is 0 Å². The Bertz CT molecular complexity index is 298. The predicted octanol–water partition coefficient (Wildman–Crippen LogP) is 1.69. The first kappa shape index (κ1) is 14.0. The molecule has 0 aromatic carbocycles. The highest BCUT2D eigenvalue weighted by Gasteiger charge is 2.37. The number of hydrogen-bond donors (Lipinski definition) is 1. The number of carbonyl (C=O) groups is 2. The normalized spacial score (nSPS) is 22.4. The maximum absolute atomic E-state index is 12.4. The zero-order valence-corrected chi connectivity index (χ0v) is 11.4. The van der Waals surface area contributed by atoms with Gasteiger partial charge >= 0.3 is 0 Å². The SMILES string of the molecule is CCC1NC(=O)CCN(C(C)(CC)CC)C1=O. The molecule has 4 heteroatoms. The highest BCUT2D eigenvalue weighted by atomic mass is 16.2. The number of amides is 2. The summed E-state index contributed by atoms with van der Waals surface area (Å²) >= 11 is 0. The number of carbonyl (C=O) groups excluding carboxylic acids is 2. The molecule has 0 saturated carbocycles. The number of rotatable bonds is 4. The van der Waals surface area contributed by atoms with Gasteiger partial charge in [0.1, 0.15) is 6.04 Å². The average molecular weight is 240 g/mol. The van der Waals surface area contributed by atoms with Gasteiger partial charge in [-0.1, -0.05) is 20.8 Å². The molecule has 1 unspecified atom stereocenters. The number of hydrogen-bond acceptors (Lipinski definition) is 2. The summed E-state index contributed by atoms with van der Waals surface area (Å²) in [7, 11) is 0. The summed E-state index contributed by atoms with van der Waals surface area (Å²) in [5, 5.41) is 2.80. The van der Waals surface area contributed by atoms with Crippen molar-refractivity contribution in [2.75, 3.05) is 6.54 Å². The van der Waals surface area contributed by atoms with Crippen LogP contribution in [0.15, 0.2) is 0 Å². The summed E-state index contributed by atoms with van der Waals surface area (Å²) in [6, 6.07) is -0.345. The Morgan fingerprint density at radius 3 is 2.35 bits per heavy atom. The highest BCUT2D eigenvalue weighted by Crippen LogP contribution is 2.26. The molecular formula is C13H24N2O2. The van der Waals surface area contributed by atoms with Crippen molar-refractivity contribution in [2.24, 2.45) is 0 Å². The minimum absolute atomic E-state index is 0.0118. The minimum atomic E-state index is -0.345. The molecule has 0 aliphatic carbocycles. The van der Waals surface area contributed by atoms with E-state index in [-0.39, 0.29) is 23.4 Å². The molecule has 1 fully saturated rings. The molecule has 1 N–H and O–H groups in total. The van der Waals surface area contributed by atoms with Crippen LogP contribution in [0, 0.1) is 0 Å². The molecule has 0 spiro atoms. The van der Waals surface area contributed by atoms with Gasteiger partial charge in [0.15, 0.2) is 0 Å². The second kappa shape index (κ2) is 5.52. The van der Waals surface area contributed by atoms with Crippen molar-refractivity contribution in [2.45, 2.75) is 65.0 Å². The predicted molar refractivity (Wildman–Crippen MR) is 67.5 cm³/mol. The van der Waals surface area contributed by atoms with Gasteiger partial charge in [-0.25, -0.2) is 0 Å². The molecule has 17 heavy (non-hydrogen) atoms. The molecule has 1 aliphatic rings. The summed E-state index contributed by atoms with van der Waals surface area (Å²) in [4.78, 5) is 25.9. The molecule has 4 nitrogen and oxygen atoms in total. The van der Waals surface area contributed by atoms with Crippen molar-refractivity contribution in [1.82, 2.24) is 10.2 Å². The van der Waals surface area contributed by atoms with E-state index in [1.165, 1.54) is 0 Å². The Morgan fingerprint density at radius 2 is 1.88 bits per heavy atom. The van der Waals surface area contributed by atoms with Crippen LogP contribution in [-0.4, -0.2) is 34.8 Å². The fraction of sp³-hybridized carbons (Fsp3) is 0.846. The first-order valence-electron chi connectivity index (χ1n) is 6.59. The topological polar surface area (TPSA) is 49.4 Å². The van der Waals surface area contributed by atoms with E-state index in [4.69, 9.17) is 0 Å². The van der Waals surface area contributed by atoms with Gasteiger partial charge in [0.2, 0.25) is 11.8 Å². The zero-order chi connectivity index (χ0) is 13.1. The molecule has 98 valence electrons. The Morgan fingerprint density at radius 1 is 1.29 bits per heavy atom. The molecule has 0 aromatic rings. The van der Waals surface area contributed by atoms with Crippen LogP contribution < -0.4 is 5.32 Å². The Hall–Kier alpha value is -1.06. The minimum Gasteiger partial charge on any atom is -0.344 e. The molecule has 0 bridgehead atoms. The summed E-state index contributed by atoms with van der Waals surface area (Å²) in [6.07, 6.45) is 2.90. The van der Waals surface area contributed by atoms with Gasteiger partial charge in [0.05, 0.1) is 0 Å². The van der Waals surface area contributed by atoms with E-state index in [1.54, 1.807) is 0 Å². The van der Waals surface area contributed by atoms with E-state index >= 15 is 0 Å². The Balaban J connectivity index is 2.97. The van der Waals surface area contributed by atoms with Crippen molar-refractivity contribution in [1.29, 1.82) is 0 Å². The Labute approximate surface area is 104 Å². The fourth-order valence-electron chi connectivity index (χ4n) is 2.28. The summed E-state index contributed by atoms with van der Waals surface area (Å²) in [5.41, 5.74) is -0.128. The Kier molecular flexibility index (Phi) is 4.54. The van der Waals surface area contributed by atoms with Gasteiger partial charge in [0.25, 0.3) is 0 Å². The number of nitrogens with zero attached hydrogens (tertiary/aromatic N) is 1. The molecule has 1 atom stereocenters. The quantitative estimate of drug-likeness (QED) is 0.813. The third-order valence-electron chi connectivity index (χ3n) is 4.05. The lowest BCUT2D eigenvalue weighted by Gasteiger charge is -2.40. The molecule has 1 aliphatic heterocycles. The van der Waals surface area contributed by atoms with Gasteiger partial charge in [0, 0.05) is 18.5 Å². The van der Waals surface area contributed by atoms with Crippen LogP contribution in [0.25, 0.3) is 0 Å². The standard InChI is InChI=1S/C13H24N2O2/c1-5-10-12(17)15(9-8-11(16)14-10)13(4,6-2)7-3/h10H,5-9H2,1-4H3,(H,14,16). The fourth-order valence-corrected chi connectivity index (χ4v) is 2.28. The number of nitrogens with one attached hydrogen (secondary N) is 1. The van der Waals surface area contributed by atoms with Gasteiger partial charge in [-0.15, -0.1) is 0 Å². The van der Waals surface area contributed by atoms with E-state index in [2.05, 4.69) is 26.1 Å². The van der Waals surface area contributed by atoms with Crippen LogP contribution >= 0.6 is 0 Å². The maximum atomic E-state index is 12.4. The van der Waals surface area contributed by atoms with Crippen LogP contribution in [0.5, 0.6) is 0 Å². The first-order chi connectivity index (χ1) is 7.98. The van der Waals surface area contributed by atoms with Crippen LogP contribution in [0.2, 0.25) is 0 Å². The van der Waals surface area contributed by atoms with Crippen molar-refractivity contribution in [3.63, 3.8) is 0 Å². The zero-order valence-electron chi connectivity index (χ0n) is 11.4. The van der Waals surface area contributed by atoms with Crippen LogP contribution in [-0.2, 0) is 9.59 Å². The molecule has 0 radical (unpaired) electrons. The van der Waals surface area contributed by atoms with E-state index in [9.17, 15) is 9.59 Å². The third-order valence-corrected chi connectivity index (χ3v) is 4.05.